The third kappa shape index (κ3) is 23.4. The summed E-state index contributed by atoms with van der Waals surface area (Å²) in [6, 6.07) is 0. The van der Waals surface area contributed by atoms with E-state index in [2.05, 4.69) is 6.92 Å². The maximum atomic E-state index is 11.9. The van der Waals surface area contributed by atoms with Crippen molar-refractivity contribution >= 4 is 17.9 Å². The summed E-state index contributed by atoms with van der Waals surface area (Å²) >= 11 is 0. The monoisotopic (exact) mass is 470 g/mol. The number of hydrogen-bond donors (Lipinski definition) is 0. The number of carbonyl (C=O) groups excluding carboxylic acids is 3. The molecule has 0 unspecified atom stereocenters. The SMILES string of the molecule is CCCCCCCCCCCCCCCCCC(=O)OC[C@H](COC(=O)CCC)OC(C)=O. The molecule has 0 spiro atoms. The predicted octanol–water partition coefficient (Wildman–Crippen LogP) is 7.07. The van der Waals surface area contributed by atoms with Crippen molar-refractivity contribution in [1.82, 2.24) is 0 Å². The summed E-state index contributed by atoms with van der Waals surface area (Å²) in [6.07, 6.45) is 19.8. The first-order chi connectivity index (χ1) is 16.0. The van der Waals surface area contributed by atoms with E-state index in [9.17, 15) is 14.4 Å². The van der Waals surface area contributed by atoms with Gasteiger partial charge in [0.25, 0.3) is 0 Å². The van der Waals surface area contributed by atoms with Gasteiger partial charge in [-0.3, -0.25) is 14.4 Å². The van der Waals surface area contributed by atoms with E-state index in [1.54, 1.807) is 0 Å². The Bertz CT molecular complexity index is 491. The highest BCUT2D eigenvalue weighted by Gasteiger charge is 2.17. The zero-order chi connectivity index (χ0) is 24.6. The maximum Gasteiger partial charge on any atom is 0.305 e. The van der Waals surface area contributed by atoms with E-state index >= 15 is 0 Å². The Kier molecular flexibility index (Phi) is 22.4. The number of hydrogen-bond acceptors (Lipinski definition) is 6. The van der Waals surface area contributed by atoms with Crippen molar-refractivity contribution in [2.45, 2.75) is 142 Å². The molecular weight excluding hydrogens is 420 g/mol. The minimum Gasteiger partial charge on any atom is -0.462 e. The van der Waals surface area contributed by atoms with Crippen molar-refractivity contribution < 1.29 is 28.6 Å². The van der Waals surface area contributed by atoms with Gasteiger partial charge in [0, 0.05) is 19.8 Å². The van der Waals surface area contributed by atoms with Crippen molar-refractivity contribution in [3.8, 4) is 0 Å². The molecule has 0 aromatic heterocycles. The van der Waals surface area contributed by atoms with Gasteiger partial charge in [-0.2, -0.15) is 0 Å². The van der Waals surface area contributed by atoms with Crippen LogP contribution >= 0.6 is 0 Å². The summed E-state index contributed by atoms with van der Waals surface area (Å²) in [5, 5.41) is 0. The second-order valence-corrected chi connectivity index (χ2v) is 9.05. The average Bonchev–Trinajstić information content (AvgIpc) is 2.78. The fraction of sp³-hybridized carbons (Fsp3) is 0.889. The topological polar surface area (TPSA) is 78.9 Å². The number of rotatable bonds is 23. The van der Waals surface area contributed by atoms with Gasteiger partial charge in [-0.25, -0.2) is 0 Å². The third-order valence-corrected chi connectivity index (χ3v) is 5.63. The van der Waals surface area contributed by atoms with Gasteiger partial charge in [-0.15, -0.1) is 0 Å². The Morgan fingerprint density at radius 3 is 1.33 bits per heavy atom. The molecule has 0 aliphatic heterocycles. The molecule has 0 amide bonds. The third-order valence-electron chi connectivity index (χ3n) is 5.63. The van der Waals surface area contributed by atoms with Crippen LogP contribution in [0.1, 0.15) is 136 Å². The van der Waals surface area contributed by atoms with E-state index in [-0.39, 0.29) is 25.2 Å². The van der Waals surface area contributed by atoms with Crippen molar-refractivity contribution in [1.29, 1.82) is 0 Å². The molecule has 0 rings (SSSR count). The van der Waals surface area contributed by atoms with Crippen LogP contribution in [0.5, 0.6) is 0 Å². The Morgan fingerprint density at radius 2 is 0.939 bits per heavy atom. The lowest BCUT2D eigenvalue weighted by atomic mass is 10.0. The van der Waals surface area contributed by atoms with Crippen LogP contribution in [0.15, 0.2) is 0 Å². The number of unbranched alkanes of at least 4 members (excludes halogenated alkanes) is 14. The van der Waals surface area contributed by atoms with Gasteiger partial charge in [-0.05, 0) is 12.8 Å². The quantitative estimate of drug-likeness (QED) is 0.0903. The molecule has 33 heavy (non-hydrogen) atoms. The van der Waals surface area contributed by atoms with Crippen LogP contribution in [-0.2, 0) is 28.6 Å². The molecule has 6 heteroatoms. The van der Waals surface area contributed by atoms with Gasteiger partial charge in [0.1, 0.15) is 13.2 Å². The molecule has 194 valence electrons. The Labute approximate surface area is 202 Å². The van der Waals surface area contributed by atoms with Crippen molar-refractivity contribution in [3.63, 3.8) is 0 Å². The van der Waals surface area contributed by atoms with E-state index in [4.69, 9.17) is 14.2 Å². The van der Waals surface area contributed by atoms with Crippen LogP contribution in [0.3, 0.4) is 0 Å². The first-order valence-electron chi connectivity index (χ1n) is 13.5. The molecule has 0 aromatic carbocycles. The smallest absolute Gasteiger partial charge is 0.305 e. The van der Waals surface area contributed by atoms with Crippen LogP contribution in [0, 0.1) is 0 Å². The summed E-state index contributed by atoms with van der Waals surface area (Å²) in [4.78, 5) is 34.6. The van der Waals surface area contributed by atoms with E-state index in [1.165, 1.54) is 84.0 Å². The molecule has 0 aliphatic rings. The van der Waals surface area contributed by atoms with E-state index in [0.29, 0.717) is 19.3 Å². The van der Waals surface area contributed by atoms with Crippen molar-refractivity contribution in [2.24, 2.45) is 0 Å². The average molecular weight is 471 g/mol. The Balaban J connectivity index is 3.60. The molecule has 0 N–H and O–H groups in total. The van der Waals surface area contributed by atoms with Crippen LogP contribution in [0.2, 0.25) is 0 Å². The Morgan fingerprint density at radius 1 is 0.545 bits per heavy atom. The molecule has 1 atom stereocenters. The molecule has 0 aromatic rings. The summed E-state index contributed by atoms with van der Waals surface area (Å²) < 4.78 is 15.3. The van der Waals surface area contributed by atoms with Crippen LogP contribution in [0.25, 0.3) is 0 Å². The fourth-order valence-corrected chi connectivity index (χ4v) is 3.71. The summed E-state index contributed by atoms with van der Waals surface area (Å²) in [7, 11) is 0. The zero-order valence-corrected chi connectivity index (χ0v) is 21.7. The molecule has 0 radical (unpaired) electrons. The standard InChI is InChI=1S/C27H50O6/c1-4-6-7-8-9-10-11-12-13-14-15-16-17-18-19-21-27(30)32-23-25(33-24(3)28)22-31-26(29)20-5-2/h25H,4-23H2,1-3H3/t25-/m0/s1. The highest BCUT2D eigenvalue weighted by atomic mass is 16.6. The minimum atomic E-state index is -0.756. The number of ether oxygens (including phenoxy) is 3. The fourth-order valence-electron chi connectivity index (χ4n) is 3.71. The number of carbonyl (C=O) groups is 3. The van der Waals surface area contributed by atoms with Crippen molar-refractivity contribution in [3.05, 3.63) is 0 Å². The summed E-state index contributed by atoms with van der Waals surface area (Å²) in [6.45, 7) is 5.24. The van der Waals surface area contributed by atoms with Gasteiger partial charge >= 0.3 is 17.9 Å². The second kappa shape index (κ2) is 23.6. The second-order valence-electron chi connectivity index (χ2n) is 9.05. The van der Waals surface area contributed by atoms with Crippen LogP contribution < -0.4 is 0 Å². The molecule has 6 nitrogen and oxygen atoms in total. The van der Waals surface area contributed by atoms with Gasteiger partial charge < -0.3 is 14.2 Å². The molecule has 0 heterocycles. The summed E-state index contributed by atoms with van der Waals surface area (Å²) in [5.41, 5.74) is 0. The molecular formula is C27H50O6. The highest BCUT2D eigenvalue weighted by Crippen LogP contribution is 2.14. The normalized spacial score (nSPS) is 11.7. The lowest BCUT2D eigenvalue weighted by Crippen LogP contribution is -2.30. The van der Waals surface area contributed by atoms with Gasteiger partial charge in [-0.1, -0.05) is 104 Å². The first-order valence-corrected chi connectivity index (χ1v) is 13.5. The highest BCUT2D eigenvalue weighted by molar-refractivity contribution is 5.70. The Hall–Kier alpha value is -1.59. The van der Waals surface area contributed by atoms with Crippen LogP contribution in [-0.4, -0.2) is 37.2 Å². The van der Waals surface area contributed by atoms with E-state index in [0.717, 1.165) is 19.3 Å². The molecule has 0 fully saturated rings. The molecule has 0 saturated heterocycles. The first kappa shape index (κ1) is 31.4. The summed E-state index contributed by atoms with van der Waals surface area (Å²) in [5.74, 6) is -1.15. The lowest BCUT2D eigenvalue weighted by molar-refractivity contribution is -0.165. The molecule has 0 aliphatic carbocycles. The van der Waals surface area contributed by atoms with Gasteiger partial charge in [0.05, 0.1) is 0 Å². The minimum absolute atomic E-state index is 0.0867. The van der Waals surface area contributed by atoms with Gasteiger partial charge in [0.2, 0.25) is 0 Å². The van der Waals surface area contributed by atoms with Crippen LogP contribution in [0.4, 0.5) is 0 Å². The van der Waals surface area contributed by atoms with E-state index < -0.39 is 12.1 Å². The predicted molar refractivity (Wildman–Crippen MR) is 132 cm³/mol. The number of esters is 3. The van der Waals surface area contributed by atoms with Gasteiger partial charge in [0.15, 0.2) is 6.10 Å². The lowest BCUT2D eigenvalue weighted by Gasteiger charge is -2.17. The molecule has 0 bridgehead atoms. The van der Waals surface area contributed by atoms with Crippen molar-refractivity contribution in [2.75, 3.05) is 13.2 Å². The zero-order valence-electron chi connectivity index (χ0n) is 21.7. The maximum absolute atomic E-state index is 11.9. The van der Waals surface area contributed by atoms with E-state index in [1.807, 2.05) is 6.92 Å². The molecule has 0 saturated carbocycles. The largest absolute Gasteiger partial charge is 0.462 e.